The van der Waals surface area contributed by atoms with Gasteiger partial charge in [0.15, 0.2) is 5.82 Å². The Balaban J connectivity index is 1.31. The number of benzene rings is 5. The van der Waals surface area contributed by atoms with Gasteiger partial charge in [0, 0.05) is 31.7 Å². The van der Waals surface area contributed by atoms with Crippen molar-refractivity contribution in [2.45, 2.75) is 29.1 Å². The molecule has 7 rings (SSSR count). The van der Waals surface area contributed by atoms with Crippen molar-refractivity contribution in [1.29, 1.82) is 0 Å². The minimum Gasteiger partial charge on any atom is -0.228 e. The molecule has 0 bridgehead atoms. The van der Waals surface area contributed by atoms with Crippen LogP contribution in [0, 0.1) is 0 Å². The molecule has 0 saturated carbocycles. The fraction of sp³-hybridized carbons (Fsp3) is 0.0857. The van der Waals surface area contributed by atoms with Crippen LogP contribution in [0.3, 0.4) is 0 Å². The van der Waals surface area contributed by atoms with Crippen molar-refractivity contribution in [3.63, 3.8) is 0 Å². The highest BCUT2D eigenvalue weighted by Crippen LogP contribution is 2.52. The van der Waals surface area contributed by atoms with Crippen molar-refractivity contribution in [3.8, 4) is 33.8 Å². The Kier molecular flexibility index (Phi) is 5.41. The van der Waals surface area contributed by atoms with Crippen molar-refractivity contribution in [2.24, 2.45) is 0 Å². The summed E-state index contributed by atoms with van der Waals surface area (Å²) < 4.78 is 0. The Morgan fingerprint density at radius 3 is 2.08 bits per heavy atom. The maximum atomic E-state index is 5.04. The first-order valence-corrected chi connectivity index (χ1v) is 13.7. The first kappa shape index (κ1) is 22.9. The lowest BCUT2D eigenvalue weighted by Gasteiger charge is -2.35. The van der Waals surface area contributed by atoms with Gasteiger partial charge in [-0.25, -0.2) is 9.97 Å². The molecule has 1 aliphatic heterocycles. The molecule has 0 fully saturated rings. The van der Waals surface area contributed by atoms with Crippen LogP contribution in [0.5, 0.6) is 0 Å². The van der Waals surface area contributed by atoms with Gasteiger partial charge in [0.2, 0.25) is 0 Å². The van der Waals surface area contributed by atoms with Crippen LogP contribution in [0.1, 0.15) is 25.0 Å². The standard InChI is InChI=1S/C35H26N2S/c1-35(2)28-15-7-9-18-31(28)38-33-26(14-10-16-29(33)35)23-19-21-25(22-20-23)34-36-30-17-8-6-13-27(30)32(37-34)24-11-4-3-5-12-24/h3-22H,1-2H3. The highest BCUT2D eigenvalue weighted by Gasteiger charge is 2.34. The summed E-state index contributed by atoms with van der Waals surface area (Å²) >= 11 is 1.88. The summed E-state index contributed by atoms with van der Waals surface area (Å²) in [6.45, 7) is 4.66. The molecule has 0 unspecified atom stereocenters. The van der Waals surface area contributed by atoms with E-state index >= 15 is 0 Å². The summed E-state index contributed by atoms with van der Waals surface area (Å²) in [7, 11) is 0. The molecule has 38 heavy (non-hydrogen) atoms. The van der Waals surface area contributed by atoms with E-state index in [1.54, 1.807) is 0 Å². The monoisotopic (exact) mass is 506 g/mol. The number of fused-ring (bicyclic) bond motifs is 3. The minimum absolute atomic E-state index is 0.0418. The number of hydrogen-bond donors (Lipinski definition) is 0. The normalized spacial score (nSPS) is 13.6. The zero-order valence-electron chi connectivity index (χ0n) is 21.3. The molecular weight excluding hydrogens is 480 g/mol. The van der Waals surface area contributed by atoms with Crippen molar-refractivity contribution >= 4 is 22.7 Å². The molecule has 0 N–H and O–H groups in total. The van der Waals surface area contributed by atoms with E-state index in [0.717, 1.165) is 33.5 Å². The van der Waals surface area contributed by atoms with Crippen LogP contribution in [0.2, 0.25) is 0 Å². The quantitative estimate of drug-likeness (QED) is 0.239. The third-order valence-corrected chi connectivity index (χ3v) is 8.79. The zero-order valence-corrected chi connectivity index (χ0v) is 22.2. The second kappa shape index (κ2) is 8.97. The smallest absolute Gasteiger partial charge is 0.160 e. The van der Waals surface area contributed by atoms with E-state index in [-0.39, 0.29) is 5.41 Å². The van der Waals surface area contributed by atoms with Gasteiger partial charge in [-0.1, -0.05) is 135 Å². The molecule has 0 saturated heterocycles. The Labute approximate surface area is 227 Å². The largest absolute Gasteiger partial charge is 0.228 e. The first-order valence-electron chi connectivity index (χ1n) is 12.9. The molecular formula is C35H26N2S. The van der Waals surface area contributed by atoms with Crippen molar-refractivity contribution in [1.82, 2.24) is 9.97 Å². The molecule has 0 radical (unpaired) electrons. The predicted molar refractivity (Wildman–Crippen MR) is 159 cm³/mol. The minimum atomic E-state index is -0.0418. The highest BCUT2D eigenvalue weighted by molar-refractivity contribution is 7.99. The second-order valence-electron chi connectivity index (χ2n) is 10.3. The van der Waals surface area contributed by atoms with E-state index in [4.69, 9.17) is 9.97 Å². The molecule has 2 heterocycles. The molecule has 5 aromatic carbocycles. The average Bonchev–Trinajstić information content (AvgIpc) is 2.97. The summed E-state index contributed by atoms with van der Waals surface area (Å²) in [4.78, 5) is 12.7. The Morgan fingerprint density at radius 1 is 0.553 bits per heavy atom. The van der Waals surface area contributed by atoms with Gasteiger partial charge in [0.05, 0.1) is 11.2 Å². The summed E-state index contributed by atoms with van der Waals surface area (Å²) in [5, 5.41) is 1.06. The number of para-hydroxylation sites is 1. The third-order valence-electron chi connectivity index (χ3n) is 7.57. The van der Waals surface area contributed by atoms with Crippen molar-refractivity contribution in [3.05, 3.63) is 132 Å². The summed E-state index contributed by atoms with van der Waals surface area (Å²) in [6.07, 6.45) is 0. The van der Waals surface area contributed by atoms with Gasteiger partial charge in [-0.2, -0.15) is 0 Å². The van der Waals surface area contributed by atoms with E-state index in [0.29, 0.717) is 0 Å². The predicted octanol–water partition coefficient (Wildman–Crippen LogP) is 9.42. The van der Waals surface area contributed by atoms with Crippen LogP contribution in [0.4, 0.5) is 0 Å². The maximum Gasteiger partial charge on any atom is 0.160 e. The molecule has 0 amide bonds. The lowest BCUT2D eigenvalue weighted by Crippen LogP contribution is -2.23. The van der Waals surface area contributed by atoms with Gasteiger partial charge in [-0.3, -0.25) is 0 Å². The van der Waals surface area contributed by atoms with Gasteiger partial charge in [-0.05, 0) is 34.4 Å². The molecule has 1 aliphatic rings. The highest BCUT2D eigenvalue weighted by atomic mass is 32.2. The lowest BCUT2D eigenvalue weighted by molar-refractivity contribution is 0.608. The van der Waals surface area contributed by atoms with Crippen LogP contribution >= 0.6 is 11.8 Å². The fourth-order valence-electron chi connectivity index (χ4n) is 5.51. The lowest BCUT2D eigenvalue weighted by atomic mass is 9.77. The van der Waals surface area contributed by atoms with Gasteiger partial charge < -0.3 is 0 Å². The van der Waals surface area contributed by atoms with E-state index in [2.05, 4.69) is 117 Å². The summed E-state index contributed by atoms with van der Waals surface area (Å²) in [5.41, 5.74) is 9.24. The van der Waals surface area contributed by atoms with Gasteiger partial charge >= 0.3 is 0 Å². The van der Waals surface area contributed by atoms with Crippen LogP contribution in [-0.4, -0.2) is 9.97 Å². The van der Waals surface area contributed by atoms with Crippen molar-refractivity contribution < 1.29 is 0 Å². The molecule has 1 aromatic heterocycles. The average molecular weight is 507 g/mol. The third kappa shape index (κ3) is 3.74. The number of hydrogen-bond acceptors (Lipinski definition) is 3. The van der Waals surface area contributed by atoms with Gasteiger partial charge in [0.1, 0.15) is 0 Å². The van der Waals surface area contributed by atoms with Crippen LogP contribution in [-0.2, 0) is 5.41 Å². The van der Waals surface area contributed by atoms with E-state index in [9.17, 15) is 0 Å². The van der Waals surface area contributed by atoms with Gasteiger partial charge in [0.25, 0.3) is 0 Å². The molecule has 0 aliphatic carbocycles. The van der Waals surface area contributed by atoms with E-state index < -0.39 is 0 Å². The number of nitrogens with zero attached hydrogens (tertiary/aromatic N) is 2. The van der Waals surface area contributed by atoms with E-state index in [1.165, 1.54) is 32.0 Å². The topological polar surface area (TPSA) is 25.8 Å². The molecule has 3 heteroatoms. The fourth-order valence-corrected chi connectivity index (χ4v) is 7.04. The first-order chi connectivity index (χ1) is 18.6. The maximum absolute atomic E-state index is 5.04. The SMILES string of the molecule is CC1(C)c2ccccc2Sc2c(-c3ccc(-c4nc(-c5ccccc5)c5ccccc5n4)cc3)cccc21. The van der Waals surface area contributed by atoms with Crippen LogP contribution in [0.15, 0.2) is 131 Å². The van der Waals surface area contributed by atoms with Crippen LogP contribution in [0.25, 0.3) is 44.7 Å². The van der Waals surface area contributed by atoms with Gasteiger partial charge in [-0.15, -0.1) is 0 Å². The molecule has 0 spiro atoms. The summed E-state index contributed by atoms with van der Waals surface area (Å²) in [6, 6.07) is 42.8. The summed E-state index contributed by atoms with van der Waals surface area (Å²) in [5.74, 6) is 0.744. The van der Waals surface area contributed by atoms with E-state index in [1.807, 2.05) is 30.0 Å². The molecule has 0 atom stereocenters. The number of rotatable bonds is 3. The van der Waals surface area contributed by atoms with Crippen LogP contribution < -0.4 is 0 Å². The Hall–Kier alpha value is -4.21. The molecule has 182 valence electrons. The molecule has 2 nitrogen and oxygen atoms in total. The second-order valence-corrected chi connectivity index (χ2v) is 11.3. The molecule has 6 aromatic rings. The van der Waals surface area contributed by atoms with Crippen molar-refractivity contribution in [2.75, 3.05) is 0 Å². The number of aromatic nitrogens is 2. The zero-order chi connectivity index (χ0) is 25.7. The Bertz CT molecular complexity index is 1800. The Morgan fingerprint density at radius 2 is 1.24 bits per heavy atom.